The van der Waals surface area contributed by atoms with Gasteiger partial charge in [0.2, 0.25) is 5.13 Å². The minimum atomic E-state index is 0.852. The maximum atomic E-state index is 4.18. The lowest BCUT2D eigenvalue weighted by Gasteiger charge is -2.18. The van der Waals surface area contributed by atoms with Crippen LogP contribution in [0.2, 0.25) is 0 Å². The van der Waals surface area contributed by atoms with Gasteiger partial charge in [0.25, 0.3) is 0 Å². The van der Waals surface area contributed by atoms with Crippen LogP contribution in [0, 0.1) is 0 Å². The highest BCUT2D eigenvalue weighted by Gasteiger charge is 2.08. The van der Waals surface area contributed by atoms with Crippen LogP contribution in [0.1, 0.15) is 17.5 Å². The second kappa shape index (κ2) is 6.47. The fourth-order valence-electron chi connectivity index (χ4n) is 1.73. The molecule has 1 aromatic heterocycles. The monoisotopic (exact) mass is 262 g/mol. The topological polar surface area (TPSA) is 41.1 Å². The fourth-order valence-corrected chi connectivity index (χ4v) is 2.47. The molecule has 5 heteroatoms. The largest absolute Gasteiger partial charge is 0.363 e. The number of rotatable bonds is 6. The Bertz CT molecular complexity index is 469. The van der Waals surface area contributed by atoms with Gasteiger partial charge in [-0.05, 0) is 12.1 Å². The molecule has 0 saturated heterocycles. The van der Waals surface area contributed by atoms with E-state index in [1.54, 1.807) is 11.3 Å². The zero-order valence-corrected chi connectivity index (χ0v) is 11.6. The van der Waals surface area contributed by atoms with E-state index in [1.807, 2.05) is 13.1 Å². The van der Waals surface area contributed by atoms with Crippen molar-refractivity contribution in [2.45, 2.75) is 20.0 Å². The molecule has 18 heavy (non-hydrogen) atoms. The molecule has 0 saturated carbocycles. The molecule has 0 bridgehead atoms. The zero-order chi connectivity index (χ0) is 12.8. The quantitative estimate of drug-likeness (QED) is 0.869. The number of aromatic nitrogens is 2. The molecular formula is C13H18N4S. The summed E-state index contributed by atoms with van der Waals surface area (Å²) in [6.07, 6.45) is 0. The maximum absolute atomic E-state index is 4.18. The van der Waals surface area contributed by atoms with Crippen molar-refractivity contribution in [1.29, 1.82) is 0 Å². The first-order chi connectivity index (χ1) is 8.81. The van der Waals surface area contributed by atoms with Crippen molar-refractivity contribution in [1.82, 2.24) is 15.1 Å². The highest BCUT2D eigenvalue weighted by Crippen LogP contribution is 2.17. The van der Waals surface area contributed by atoms with Crippen LogP contribution in [-0.2, 0) is 13.1 Å². The molecule has 0 aliphatic carbocycles. The first kappa shape index (κ1) is 13.0. The number of nitrogens with zero attached hydrogens (tertiary/aromatic N) is 3. The summed E-state index contributed by atoms with van der Waals surface area (Å²) in [5.74, 6) is 0. The Morgan fingerprint density at radius 3 is 2.56 bits per heavy atom. The summed E-state index contributed by atoms with van der Waals surface area (Å²) in [6.45, 7) is 4.98. The van der Waals surface area contributed by atoms with E-state index in [2.05, 4.69) is 51.6 Å². The van der Waals surface area contributed by atoms with Gasteiger partial charge in [0.05, 0.1) is 6.54 Å². The molecule has 0 unspecified atom stereocenters. The SMILES string of the molecule is CCN(Cc1ccccc1)Cc1nnc(NC)s1. The predicted molar refractivity (Wildman–Crippen MR) is 75.7 cm³/mol. The number of anilines is 1. The van der Waals surface area contributed by atoms with E-state index >= 15 is 0 Å². The number of benzene rings is 1. The Morgan fingerprint density at radius 2 is 1.94 bits per heavy atom. The second-order valence-corrected chi connectivity index (χ2v) is 5.10. The molecule has 0 amide bonds. The first-order valence-corrected chi connectivity index (χ1v) is 6.90. The lowest BCUT2D eigenvalue weighted by atomic mass is 10.2. The van der Waals surface area contributed by atoms with Crippen LogP contribution in [0.5, 0.6) is 0 Å². The van der Waals surface area contributed by atoms with Crippen LogP contribution >= 0.6 is 11.3 Å². The van der Waals surface area contributed by atoms with Gasteiger partial charge < -0.3 is 5.32 Å². The van der Waals surface area contributed by atoms with Gasteiger partial charge in [0, 0.05) is 13.6 Å². The third-order valence-electron chi connectivity index (χ3n) is 2.74. The summed E-state index contributed by atoms with van der Waals surface area (Å²) in [4.78, 5) is 2.36. The average molecular weight is 262 g/mol. The van der Waals surface area contributed by atoms with E-state index in [0.29, 0.717) is 0 Å². The van der Waals surface area contributed by atoms with Crippen LogP contribution in [0.25, 0.3) is 0 Å². The van der Waals surface area contributed by atoms with Crippen molar-refractivity contribution in [2.24, 2.45) is 0 Å². The van der Waals surface area contributed by atoms with Crippen LogP contribution in [-0.4, -0.2) is 28.7 Å². The van der Waals surface area contributed by atoms with Gasteiger partial charge in [-0.1, -0.05) is 48.6 Å². The molecular weight excluding hydrogens is 244 g/mol. The van der Waals surface area contributed by atoms with E-state index in [9.17, 15) is 0 Å². The predicted octanol–water partition coefficient (Wildman–Crippen LogP) is 2.60. The van der Waals surface area contributed by atoms with E-state index in [1.165, 1.54) is 5.56 Å². The lowest BCUT2D eigenvalue weighted by molar-refractivity contribution is 0.270. The molecule has 0 aliphatic rings. The molecule has 1 aromatic carbocycles. The summed E-state index contributed by atoms with van der Waals surface area (Å²) in [5.41, 5.74) is 1.33. The van der Waals surface area contributed by atoms with E-state index in [-0.39, 0.29) is 0 Å². The molecule has 0 aliphatic heterocycles. The third kappa shape index (κ3) is 3.51. The Labute approximate surface area is 112 Å². The van der Waals surface area contributed by atoms with Crippen molar-refractivity contribution in [3.63, 3.8) is 0 Å². The third-order valence-corrected chi connectivity index (χ3v) is 3.66. The number of hydrogen-bond acceptors (Lipinski definition) is 5. The van der Waals surface area contributed by atoms with Gasteiger partial charge in [0.1, 0.15) is 5.01 Å². The van der Waals surface area contributed by atoms with Crippen molar-refractivity contribution >= 4 is 16.5 Å². The van der Waals surface area contributed by atoms with Crippen LogP contribution in [0.15, 0.2) is 30.3 Å². The smallest absolute Gasteiger partial charge is 0.205 e. The molecule has 96 valence electrons. The van der Waals surface area contributed by atoms with Gasteiger partial charge in [-0.2, -0.15) is 0 Å². The molecule has 1 heterocycles. The zero-order valence-electron chi connectivity index (χ0n) is 10.8. The van der Waals surface area contributed by atoms with Crippen LogP contribution in [0.4, 0.5) is 5.13 Å². The van der Waals surface area contributed by atoms with E-state index in [0.717, 1.165) is 29.8 Å². The molecule has 0 radical (unpaired) electrons. The molecule has 2 rings (SSSR count). The summed E-state index contributed by atoms with van der Waals surface area (Å²) in [6, 6.07) is 10.5. The van der Waals surface area contributed by atoms with Crippen LogP contribution < -0.4 is 5.32 Å². The van der Waals surface area contributed by atoms with Crippen molar-refractivity contribution in [3.8, 4) is 0 Å². The summed E-state index contributed by atoms with van der Waals surface area (Å²) in [5, 5.41) is 13.2. The molecule has 1 N–H and O–H groups in total. The number of hydrogen-bond donors (Lipinski definition) is 1. The van der Waals surface area contributed by atoms with Crippen LogP contribution in [0.3, 0.4) is 0 Å². The molecule has 4 nitrogen and oxygen atoms in total. The standard InChI is InChI=1S/C13H18N4S/c1-3-17(9-11-7-5-4-6-8-11)10-12-15-16-13(14-2)18-12/h4-8H,3,9-10H2,1-2H3,(H,14,16). The van der Waals surface area contributed by atoms with E-state index < -0.39 is 0 Å². The minimum Gasteiger partial charge on any atom is -0.363 e. The van der Waals surface area contributed by atoms with Gasteiger partial charge in [0.15, 0.2) is 0 Å². The highest BCUT2D eigenvalue weighted by atomic mass is 32.1. The highest BCUT2D eigenvalue weighted by molar-refractivity contribution is 7.15. The second-order valence-electron chi connectivity index (χ2n) is 4.04. The van der Waals surface area contributed by atoms with Crippen molar-refractivity contribution in [2.75, 3.05) is 18.9 Å². The maximum Gasteiger partial charge on any atom is 0.205 e. The van der Waals surface area contributed by atoms with Crippen molar-refractivity contribution < 1.29 is 0 Å². The lowest BCUT2D eigenvalue weighted by Crippen LogP contribution is -2.22. The Morgan fingerprint density at radius 1 is 1.17 bits per heavy atom. The number of nitrogens with one attached hydrogen (secondary N) is 1. The Balaban J connectivity index is 1.97. The molecule has 2 aromatic rings. The van der Waals surface area contributed by atoms with Gasteiger partial charge in [-0.3, -0.25) is 4.90 Å². The van der Waals surface area contributed by atoms with Gasteiger partial charge in [-0.25, -0.2) is 0 Å². The normalized spacial score (nSPS) is 10.8. The summed E-state index contributed by atoms with van der Waals surface area (Å²) < 4.78 is 0. The minimum absolute atomic E-state index is 0.852. The fraction of sp³-hybridized carbons (Fsp3) is 0.385. The average Bonchev–Trinajstić information content (AvgIpc) is 2.87. The molecule has 0 fully saturated rings. The first-order valence-electron chi connectivity index (χ1n) is 6.08. The molecule has 0 atom stereocenters. The molecule has 0 spiro atoms. The summed E-state index contributed by atoms with van der Waals surface area (Å²) in [7, 11) is 1.87. The van der Waals surface area contributed by atoms with Gasteiger partial charge >= 0.3 is 0 Å². The summed E-state index contributed by atoms with van der Waals surface area (Å²) >= 11 is 1.61. The van der Waals surface area contributed by atoms with Crippen molar-refractivity contribution in [3.05, 3.63) is 40.9 Å². The van der Waals surface area contributed by atoms with Gasteiger partial charge in [-0.15, -0.1) is 10.2 Å². The Kier molecular flexibility index (Phi) is 4.66. The Hall–Kier alpha value is -1.46. The van der Waals surface area contributed by atoms with E-state index in [4.69, 9.17) is 0 Å².